The van der Waals surface area contributed by atoms with Crippen molar-refractivity contribution in [2.75, 3.05) is 6.54 Å². The Labute approximate surface area is 91.0 Å². The first kappa shape index (κ1) is 12.3. The number of rotatable bonds is 3. The van der Waals surface area contributed by atoms with Crippen LogP contribution in [-0.4, -0.2) is 25.3 Å². The lowest BCUT2D eigenvalue weighted by Crippen LogP contribution is -2.45. The van der Waals surface area contributed by atoms with Crippen LogP contribution < -0.4 is 0 Å². The van der Waals surface area contributed by atoms with Crippen LogP contribution in [0, 0.1) is 5.92 Å². The van der Waals surface area contributed by atoms with Gasteiger partial charge in [-0.2, -0.15) is 12.7 Å². The molecule has 0 saturated carbocycles. The van der Waals surface area contributed by atoms with E-state index in [1.807, 2.05) is 0 Å². The maximum Gasteiger partial charge on any atom is 0.300 e. The average molecular weight is 240 g/mol. The molecule has 1 aliphatic rings. The molecule has 84 valence electrons. The van der Waals surface area contributed by atoms with Gasteiger partial charge in [0.25, 0.3) is 9.24 Å². The second-order valence-electron chi connectivity index (χ2n) is 4.03. The second kappa shape index (κ2) is 4.81. The average Bonchev–Trinajstić information content (AvgIpc) is 2.07. The van der Waals surface area contributed by atoms with Gasteiger partial charge in [0.2, 0.25) is 0 Å². The topological polar surface area (TPSA) is 37.4 Å². The zero-order valence-corrected chi connectivity index (χ0v) is 10.3. The number of piperidine rings is 1. The van der Waals surface area contributed by atoms with Crippen molar-refractivity contribution in [3.05, 3.63) is 0 Å². The molecule has 5 heteroatoms. The van der Waals surface area contributed by atoms with Crippen molar-refractivity contribution >= 4 is 19.9 Å². The lowest BCUT2D eigenvalue weighted by molar-refractivity contribution is 0.179. The molecule has 0 bridgehead atoms. The summed E-state index contributed by atoms with van der Waals surface area (Å²) >= 11 is 0. The minimum absolute atomic E-state index is 0.108. The highest BCUT2D eigenvalue weighted by Crippen LogP contribution is 2.29. The second-order valence-corrected chi connectivity index (χ2v) is 6.49. The summed E-state index contributed by atoms with van der Waals surface area (Å²) < 4.78 is 24.1. The van der Waals surface area contributed by atoms with Crippen molar-refractivity contribution in [2.45, 2.75) is 45.6 Å². The maximum absolute atomic E-state index is 11.3. The summed E-state index contributed by atoms with van der Waals surface area (Å²) in [7, 11) is 1.88. The van der Waals surface area contributed by atoms with Gasteiger partial charge in [0.1, 0.15) is 0 Å². The third-order valence-electron chi connectivity index (χ3n) is 2.93. The van der Waals surface area contributed by atoms with E-state index < -0.39 is 9.24 Å². The molecule has 1 fully saturated rings. The summed E-state index contributed by atoms with van der Waals surface area (Å²) in [5, 5.41) is 0. The molecule has 0 spiro atoms. The molecular weight excluding hydrogens is 222 g/mol. The molecule has 0 aromatic rings. The standard InChI is InChI=1S/C9H18ClNO2S/c1-3-5-9-8(2)6-4-7-11(9)14(10,12)13/h8-9H,3-7H2,1-2H3. The van der Waals surface area contributed by atoms with Gasteiger partial charge in [0.15, 0.2) is 0 Å². The van der Waals surface area contributed by atoms with E-state index in [9.17, 15) is 8.42 Å². The molecule has 1 rings (SSSR count). The summed E-state index contributed by atoms with van der Waals surface area (Å²) in [6, 6.07) is 0.108. The molecule has 0 radical (unpaired) electrons. The molecule has 1 heterocycles. The van der Waals surface area contributed by atoms with E-state index in [0.29, 0.717) is 12.5 Å². The predicted octanol–water partition coefficient (Wildman–Crippen LogP) is 2.37. The Kier molecular flexibility index (Phi) is 4.22. The number of hydrogen-bond donors (Lipinski definition) is 0. The molecule has 0 aromatic heterocycles. The van der Waals surface area contributed by atoms with Gasteiger partial charge in [0.05, 0.1) is 0 Å². The molecule has 2 unspecified atom stereocenters. The molecule has 0 amide bonds. The smallest absolute Gasteiger partial charge is 0.195 e. The van der Waals surface area contributed by atoms with Crippen molar-refractivity contribution in [3.63, 3.8) is 0 Å². The predicted molar refractivity (Wildman–Crippen MR) is 58.6 cm³/mol. The van der Waals surface area contributed by atoms with Crippen LogP contribution in [0.15, 0.2) is 0 Å². The fourth-order valence-electron chi connectivity index (χ4n) is 2.21. The zero-order chi connectivity index (χ0) is 10.8. The Balaban J connectivity index is 2.80. The van der Waals surface area contributed by atoms with Gasteiger partial charge in [-0.3, -0.25) is 0 Å². The molecule has 0 aromatic carbocycles. The van der Waals surface area contributed by atoms with E-state index in [-0.39, 0.29) is 6.04 Å². The van der Waals surface area contributed by atoms with E-state index >= 15 is 0 Å². The first-order chi connectivity index (χ1) is 6.46. The van der Waals surface area contributed by atoms with E-state index in [0.717, 1.165) is 25.7 Å². The quantitative estimate of drug-likeness (QED) is 0.710. The highest BCUT2D eigenvalue weighted by molar-refractivity contribution is 8.11. The van der Waals surface area contributed by atoms with Crippen LogP contribution in [0.4, 0.5) is 0 Å². The molecule has 0 aliphatic carbocycles. The number of nitrogens with zero attached hydrogens (tertiary/aromatic N) is 1. The lowest BCUT2D eigenvalue weighted by atomic mass is 9.90. The summed E-state index contributed by atoms with van der Waals surface area (Å²) in [5.41, 5.74) is 0. The zero-order valence-electron chi connectivity index (χ0n) is 8.74. The van der Waals surface area contributed by atoms with Crippen molar-refractivity contribution < 1.29 is 8.42 Å². The Morgan fingerprint density at radius 2 is 2.14 bits per heavy atom. The molecule has 0 N–H and O–H groups in total. The van der Waals surface area contributed by atoms with Crippen LogP contribution in [0.1, 0.15) is 39.5 Å². The van der Waals surface area contributed by atoms with E-state index in [2.05, 4.69) is 13.8 Å². The summed E-state index contributed by atoms with van der Waals surface area (Å²) in [5.74, 6) is 0.428. The van der Waals surface area contributed by atoms with E-state index in [4.69, 9.17) is 10.7 Å². The van der Waals surface area contributed by atoms with E-state index in [1.54, 1.807) is 0 Å². The van der Waals surface area contributed by atoms with Gasteiger partial charge >= 0.3 is 0 Å². The first-order valence-electron chi connectivity index (χ1n) is 5.18. The fourth-order valence-corrected chi connectivity index (χ4v) is 3.70. The van der Waals surface area contributed by atoms with Crippen molar-refractivity contribution in [3.8, 4) is 0 Å². The lowest BCUT2D eigenvalue weighted by Gasteiger charge is -2.37. The van der Waals surface area contributed by atoms with Crippen molar-refractivity contribution in [2.24, 2.45) is 5.92 Å². The van der Waals surface area contributed by atoms with Crippen molar-refractivity contribution in [1.29, 1.82) is 0 Å². The summed E-state index contributed by atoms with van der Waals surface area (Å²) in [6.07, 6.45) is 3.94. The Morgan fingerprint density at radius 1 is 1.50 bits per heavy atom. The Hall–Kier alpha value is 0.200. The first-order valence-corrected chi connectivity index (χ1v) is 7.45. The third-order valence-corrected chi connectivity index (χ3v) is 4.47. The van der Waals surface area contributed by atoms with Gasteiger partial charge in [-0.1, -0.05) is 20.3 Å². The normalized spacial score (nSPS) is 30.5. The number of hydrogen-bond acceptors (Lipinski definition) is 2. The van der Waals surface area contributed by atoms with Crippen LogP contribution in [0.3, 0.4) is 0 Å². The highest BCUT2D eigenvalue weighted by Gasteiger charge is 2.34. The van der Waals surface area contributed by atoms with Gasteiger partial charge in [-0.25, -0.2) is 0 Å². The Bertz CT molecular complexity index is 279. The highest BCUT2D eigenvalue weighted by atomic mass is 35.7. The minimum Gasteiger partial charge on any atom is -0.195 e. The van der Waals surface area contributed by atoms with Crippen LogP contribution in [0.25, 0.3) is 0 Å². The fraction of sp³-hybridized carbons (Fsp3) is 1.00. The summed E-state index contributed by atoms with van der Waals surface area (Å²) in [6.45, 7) is 4.76. The van der Waals surface area contributed by atoms with Crippen LogP contribution in [-0.2, 0) is 9.24 Å². The number of halogens is 1. The third kappa shape index (κ3) is 2.84. The monoisotopic (exact) mass is 239 g/mol. The van der Waals surface area contributed by atoms with Crippen LogP contribution >= 0.6 is 10.7 Å². The molecular formula is C9H18ClNO2S. The Morgan fingerprint density at radius 3 is 2.64 bits per heavy atom. The minimum atomic E-state index is -3.52. The van der Waals surface area contributed by atoms with Gasteiger partial charge in [-0.15, -0.1) is 0 Å². The maximum atomic E-state index is 11.3. The van der Waals surface area contributed by atoms with Crippen LogP contribution in [0.5, 0.6) is 0 Å². The molecule has 2 atom stereocenters. The van der Waals surface area contributed by atoms with Crippen LogP contribution in [0.2, 0.25) is 0 Å². The largest absolute Gasteiger partial charge is 0.300 e. The van der Waals surface area contributed by atoms with Gasteiger partial charge < -0.3 is 0 Å². The molecule has 14 heavy (non-hydrogen) atoms. The van der Waals surface area contributed by atoms with Crippen molar-refractivity contribution in [1.82, 2.24) is 4.31 Å². The SMILES string of the molecule is CCCC1C(C)CCCN1S(=O)(=O)Cl. The molecule has 1 aliphatic heterocycles. The van der Waals surface area contributed by atoms with Gasteiger partial charge in [0, 0.05) is 23.3 Å². The summed E-state index contributed by atoms with van der Waals surface area (Å²) in [4.78, 5) is 0. The molecule has 1 saturated heterocycles. The molecule has 3 nitrogen and oxygen atoms in total. The van der Waals surface area contributed by atoms with Gasteiger partial charge in [-0.05, 0) is 25.2 Å². The van der Waals surface area contributed by atoms with E-state index in [1.165, 1.54) is 4.31 Å².